The molecule has 1 aromatic rings. The van der Waals surface area contributed by atoms with E-state index in [1.165, 1.54) is 18.4 Å². The van der Waals surface area contributed by atoms with Crippen LogP contribution in [0, 0.1) is 17.8 Å². The Bertz CT molecular complexity index is 994. The first-order valence-corrected chi connectivity index (χ1v) is 20.6. The molecule has 2 heterocycles. The fourth-order valence-electron chi connectivity index (χ4n) is 6.69. The van der Waals surface area contributed by atoms with Crippen LogP contribution in [-0.4, -0.2) is 58.0 Å². The van der Waals surface area contributed by atoms with Gasteiger partial charge in [0.2, 0.25) is 8.32 Å². The van der Waals surface area contributed by atoms with E-state index in [2.05, 4.69) is 77.2 Å². The molecule has 7 heteroatoms. The van der Waals surface area contributed by atoms with Crippen molar-refractivity contribution in [3.8, 4) is 5.75 Å². The smallest absolute Gasteiger partial charge is 0.250 e. The summed E-state index contributed by atoms with van der Waals surface area (Å²) < 4.78 is 31.9. The number of aliphatic hydroxyl groups excluding tert-OH is 1. The molecule has 4 rings (SSSR count). The number of hydrogen-bond acceptors (Lipinski definition) is 6. The summed E-state index contributed by atoms with van der Waals surface area (Å²) in [6.07, 6.45) is 17.1. The second-order valence-corrected chi connectivity index (χ2v) is 19.7. The highest BCUT2D eigenvalue weighted by Crippen LogP contribution is 2.44. The van der Waals surface area contributed by atoms with Gasteiger partial charge in [0.05, 0.1) is 12.2 Å². The Morgan fingerprint density at radius 1 is 1.02 bits per heavy atom. The largest absolute Gasteiger partial charge is 0.543 e. The van der Waals surface area contributed by atoms with Crippen molar-refractivity contribution in [3.05, 3.63) is 42.0 Å². The maximum atomic E-state index is 10.6. The second kappa shape index (κ2) is 17.1. The fraction of sp³-hybridized carbons (Fsp3) is 0.784. The molecule has 0 aromatic heterocycles. The van der Waals surface area contributed by atoms with Crippen LogP contribution in [-0.2, 0) is 25.4 Å². The van der Waals surface area contributed by atoms with Crippen LogP contribution in [0.5, 0.6) is 5.75 Å². The van der Waals surface area contributed by atoms with Gasteiger partial charge in [0.25, 0.3) is 0 Å². The van der Waals surface area contributed by atoms with E-state index in [0.717, 1.165) is 83.2 Å². The van der Waals surface area contributed by atoms with Gasteiger partial charge in [-0.15, -0.1) is 0 Å². The molecule has 1 saturated carbocycles. The predicted octanol–water partition coefficient (Wildman–Crippen LogP) is 8.82. The van der Waals surface area contributed by atoms with Crippen LogP contribution in [0.25, 0.3) is 0 Å². The van der Waals surface area contributed by atoms with Gasteiger partial charge in [0.15, 0.2) is 12.6 Å². The molecule has 0 spiro atoms. The summed E-state index contributed by atoms with van der Waals surface area (Å²) in [6, 6.07) is 8.66. The molecule has 0 unspecified atom stereocenters. The molecule has 7 atom stereocenters. The van der Waals surface area contributed by atoms with E-state index in [0.29, 0.717) is 0 Å². The average molecular weight is 631 g/mol. The molecule has 44 heavy (non-hydrogen) atoms. The first kappa shape index (κ1) is 35.6. The summed E-state index contributed by atoms with van der Waals surface area (Å²) in [7, 11) is -1.95. The van der Waals surface area contributed by atoms with Crippen LogP contribution in [0.2, 0.25) is 18.1 Å². The maximum Gasteiger partial charge on any atom is 0.250 e. The first-order valence-electron chi connectivity index (χ1n) is 17.7. The van der Waals surface area contributed by atoms with E-state index < -0.39 is 8.32 Å². The predicted molar refractivity (Wildman–Crippen MR) is 180 cm³/mol. The third kappa shape index (κ3) is 10.4. The van der Waals surface area contributed by atoms with Crippen LogP contribution < -0.4 is 4.43 Å². The highest BCUT2D eigenvalue weighted by atomic mass is 28.4. The monoisotopic (exact) mass is 630 g/mol. The lowest BCUT2D eigenvalue weighted by atomic mass is 9.83. The molecule has 250 valence electrons. The molecule has 2 aliphatic heterocycles. The van der Waals surface area contributed by atoms with Gasteiger partial charge in [0, 0.05) is 25.7 Å². The Labute approximate surface area is 269 Å². The van der Waals surface area contributed by atoms with Gasteiger partial charge < -0.3 is 28.5 Å². The first-order chi connectivity index (χ1) is 21.1. The zero-order valence-corrected chi connectivity index (χ0v) is 29.6. The number of rotatable bonds is 15. The van der Waals surface area contributed by atoms with Crippen LogP contribution in [0.4, 0.5) is 0 Å². The minimum Gasteiger partial charge on any atom is -0.543 e. The van der Waals surface area contributed by atoms with Crippen molar-refractivity contribution >= 4 is 8.32 Å². The van der Waals surface area contributed by atoms with Crippen molar-refractivity contribution in [3.63, 3.8) is 0 Å². The van der Waals surface area contributed by atoms with Crippen molar-refractivity contribution in [1.82, 2.24) is 0 Å². The SMILES string of the molecule is CCCCC[C@H](/C=C/[C@@H]1[C@@H](Cc2cccc(O[Si](C)(C)C(C)(C)C)c2)[C@@H](CO)C[C@H]1O[C@@H]1CCCCO1)O[C@H]1CCCCO1. The number of unbranched alkanes of at least 4 members (excludes halogenated alkanes) is 2. The fourth-order valence-corrected chi connectivity index (χ4v) is 7.71. The topological polar surface area (TPSA) is 66.4 Å². The zero-order valence-electron chi connectivity index (χ0n) is 28.6. The standard InChI is InChI=1S/C37H62O6Si/c1-7-8-9-16-30(41-35-18-10-12-22-39-35)20-21-32-33(29(27-38)26-34(32)42-36-19-11-13-23-40-36)25-28-15-14-17-31(24-28)43-44(5,6)37(2,3)4/h14-15,17,20-21,24,29-30,32-36,38H,7-13,16,18-19,22-23,25-27H2,1-6H3/b21-20+/t29-,30-,32-,33+,34-,35+,36-/m1/s1. The van der Waals surface area contributed by atoms with Crippen molar-refractivity contribution in [2.45, 2.75) is 148 Å². The number of benzene rings is 1. The lowest BCUT2D eigenvalue weighted by Crippen LogP contribution is -2.43. The zero-order chi connectivity index (χ0) is 31.6. The van der Waals surface area contributed by atoms with E-state index in [1.54, 1.807) is 0 Å². The van der Waals surface area contributed by atoms with Gasteiger partial charge in [-0.1, -0.05) is 71.2 Å². The third-order valence-electron chi connectivity index (χ3n) is 10.4. The Morgan fingerprint density at radius 3 is 2.39 bits per heavy atom. The molecule has 0 amide bonds. The van der Waals surface area contributed by atoms with Crippen molar-refractivity contribution in [2.75, 3.05) is 19.8 Å². The summed E-state index contributed by atoms with van der Waals surface area (Å²) in [5.41, 5.74) is 1.25. The van der Waals surface area contributed by atoms with E-state index in [9.17, 15) is 5.11 Å². The van der Waals surface area contributed by atoms with Crippen LogP contribution >= 0.6 is 0 Å². The molecule has 1 N–H and O–H groups in total. The van der Waals surface area contributed by atoms with Gasteiger partial charge in [0.1, 0.15) is 5.75 Å². The molecule has 6 nitrogen and oxygen atoms in total. The Morgan fingerprint density at radius 2 is 1.75 bits per heavy atom. The molecule has 1 aliphatic carbocycles. The Balaban J connectivity index is 1.56. The molecule has 0 bridgehead atoms. The highest BCUT2D eigenvalue weighted by molar-refractivity contribution is 6.74. The van der Waals surface area contributed by atoms with Gasteiger partial charge in [-0.05, 0) is 105 Å². The lowest BCUT2D eigenvalue weighted by molar-refractivity contribution is -0.193. The van der Waals surface area contributed by atoms with Crippen LogP contribution in [0.3, 0.4) is 0 Å². The van der Waals surface area contributed by atoms with E-state index in [1.807, 2.05) is 0 Å². The summed E-state index contributed by atoms with van der Waals surface area (Å²) in [4.78, 5) is 0. The normalized spacial score (nSPS) is 29.2. The van der Waals surface area contributed by atoms with Crippen LogP contribution in [0.15, 0.2) is 36.4 Å². The maximum absolute atomic E-state index is 10.6. The van der Waals surface area contributed by atoms with Crippen molar-refractivity contribution < 1.29 is 28.5 Å². The summed E-state index contributed by atoms with van der Waals surface area (Å²) in [5, 5.41) is 10.8. The summed E-state index contributed by atoms with van der Waals surface area (Å²) >= 11 is 0. The van der Waals surface area contributed by atoms with Gasteiger partial charge in [-0.25, -0.2) is 0 Å². The van der Waals surface area contributed by atoms with Gasteiger partial charge >= 0.3 is 0 Å². The molecular formula is C37H62O6Si. The molecular weight excluding hydrogens is 568 g/mol. The van der Waals surface area contributed by atoms with Crippen molar-refractivity contribution in [2.24, 2.45) is 17.8 Å². The number of aliphatic hydroxyl groups is 1. The summed E-state index contributed by atoms with van der Waals surface area (Å²) in [6.45, 7) is 15.4. The van der Waals surface area contributed by atoms with Crippen molar-refractivity contribution in [1.29, 1.82) is 0 Å². The summed E-state index contributed by atoms with van der Waals surface area (Å²) in [5.74, 6) is 1.52. The van der Waals surface area contributed by atoms with E-state index in [4.69, 9.17) is 23.4 Å². The quantitative estimate of drug-likeness (QED) is 0.119. The number of ether oxygens (including phenoxy) is 4. The second-order valence-electron chi connectivity index (χ2n) is 15.0. The molecule has 0 radical (unpaired) electrons. The molecule has 2 saturated heterocycles. The van der Waals surface area contributed by atoms with Crippen LogP contribution in [0.1, 0.15) is 104 Å². The molecule has 1 aromatic carbocycles. The average Bonchev–Trinajstić information content (AvgIpc) is 3.31. The Hall–Kier alpha value is -1.22. The van der Waals surface area contributed by atoms with Gasteiger partial charge in [-0.2, -0.15) is 0 Å². The van der Waals surface area contributed by atoms with E-state index >= 15 is 0 Å². The molecule has 3 aliphatic rings. The van der Waals surface area contributed by atoms with Gasteiger partial charge in [-0.3, -0.25) is 0 Å². The lowest BCUT2D eigenvalue weighted by Gasteiger charge is -2.36. The number of hydrogen-bond donors (Lipinski definition) is 1. The minimum atomic E-state index is -1.95. The minimum absolute atomic E-state index is 0.00499. The van der Waals surface area contributed by atoms with E-state index in [-0.39, 0.29) is 54.2 Å². The highest BCUT2D eigenvalue weighted by Gasteiger charge is 2.44. The third-order valence-corrected chi connectivity index (χ3v) is 14.8. The Kier molecular flexibility index (Phi) is 13.8. The molecule has 3 fully saturated rings.